The highest BCUT2D eigenvalue weighted by Crippen LogP contribution is 2.43. The average molecular weight is 389 g/mol. The van der Waals surface area contributed by atoms with Gasteiger partial charge >= 0.3 is 0 Å². The fourth-order valence-electron chi connectivity index (χ4n) is 3.65. The summed E-state index contributed by atoms with van der Waals surface area (Å²) >= 11 is 0. The first-order valence-corrected chi connectivity index (χ1v) is 9.26. The van der Waals surface area contributed by atoms with Gasteiger partial charge in [-0.3, -0.25) is 4.79 Å². The Balaban J connectivity index is 1.78. The summed E-state index contributed by atoms with van der Waals surface area (Å²) in [6.07, 6.45) is 0. The van der Waals surface area contributed by atoms with Gasteiger partial charge in [0.05, 0.1) is 13.2 Å². The zero-order valence-corrected chi connectivity index (χ0v) is 15.9. The number of amides is 1. The van der Waals surface area contributed by atoms with Gasteiger partial charge in [-0.15, -0.1) is 0 Å². The second-order valence-corrected chi connectivity index (χ2v) is 6.86. The Kier molecular flexibility index (Phi) is 5.04. The Labute approximate surface area is 168 Å². The van der Waals surface area contributed by atoms with Crippen molar-refractivity contribution in [2.24, 2.45) is 0 Å². The number of methoxy groups -OCH3 is 1. The van der Waals surface area contributed by atoms with E-state index in [9.17, 15) is 14.3 Å². The van der Waals surface area contributed by atoms with Crippen molar-refractivity contribution in [2.75, 3.05) is 7.11 Å². The van der Waals surface area contributed by atoms with Crippen LogP contribution in [-0.2, 0) is 11.3 Å². The van der Waals surface area contributed by atoms with Crippen molar-refractivity contribution in [1.82, 2.24) is 4.90 Å². The number of aliphatic hydroxyl groups excluding tert-OH is 1. The molecule has 3 aromatic carbocycles. The first kappa shape index (κ1) is 18.7. The molecule has 5 heteroatoms. The van der Waals surface area contributed by atoms with Crippen molar-refractivity contribution in [3.05, 3.63) is 107 Å². The molecule has 0 aromatic heterocycles. The maximum atomic E-state index is 13.3. The second-order valence-electron chi connectivity index (χ2n) is 6.86. The molecule has 0 aliphatic carbocycles. The predicted molar refractivity (Wildman–Crippen MR) is 109 cm³/mol. The number of hydrogen-bond acceptors (Lipinski definition) is 3. The highest BCUT2D eigenvalue weighted by atomic mass is 19.1. The summed E-state index contributed by atoms with van der Waals surface area (Å²) in [7, 11) is 1.59. The lowest BCUT2D eigenvalue weighted by molar-refractivity contribution is -0.130. The molecule has 0 saturated carbocycles. The van der Waals surface area contributed by atoms with E-state index in [4.69, 9.17) is 4.74 Å². The van der Waals surface area contributed by atoms with Crippen molar-refractivity contribution in [3.63, 3.8) is 0 Å². The third kappa shape index (κ3) is 3.59. The summed E-state index contributed by atoms with van der Waals surface area (Å²) in [5, 5.41) is 10.8. The number of aliphatic hydroxyl groups is 1. The zero-order valence-electron chi connectivity index (χ0n) is 15.9. The topological polar surface area (TPSA) is 49.8 Å². The summed E-state index contributed by atoms with van der Waals surface area (Å²) in [4.78, 5) is 14.6. The van der Waals surface area contributed by atoms with E-state index in [1.165, 1.54) is 12.1 Å². The van der Waals surface area contributed by atoms with Crippen molar-refractivity contribution in [2.45, 2.75) is 12.6 Å². The Bertz CT molecular complexity index is 1040. The van der Waals surface area contributed by atoms with E-state index < -0.39 is 11.9 Å². The van der Waals surface area contributed by atoms with Crippen LogP contribution in [0.3, 0.4) is 0 Å². The smallest absolute Gasteiger partial charge is 0.290 e. The van der Waals surface area contributed by atoms with E-state index in [1.807, 2.05) is 42.5 Å². The Hall–Kier alpha value is -3.60. The van der Waals surface area contributed by atoms with E-state index in [2.05, 4.69) is 0 Å². The molecule has 146 valence electrons. The van der Waals surface area contributed by atoms with Gasteiger partial charge in [0.1, 0.15) is 11.6 Å². The van der Waals surface area contributed by atoms with Crippen LogP contribution < -0.4 is 4.74 Å². The second kappa shape index (κ2) is 7.80. The van der Waals surface area contributed by atoms with Crippen molar-refractivity contribution in [3.8, 4) is 5.75 Å². The molecule has 1 aliphatic rings. The zero-order chi connectivity index (χ0) is 20.4. The first-order valence-electron chi connectivity index (χ1n) is 9.26. The fraction of sp³-hybridized carbons (Fsp3) is 0.125. The molecule has 4 nitrogen and oxygen atoms in total. The number of ether oxygens (including phenoxy) is 1. The van der Waals surface area contributed by atoms with Crippen LogP contribution in [0.4, 0.5) is 4.39 Å². The van der Waals surface area contributed by atoms with E-state index in [0.29, 0.717) is 11.3 Å². The molecule has 1 aliphatic heterocycles. The summed E-state index contributed by atoms with van der Waals surface area (Å²) in [6, 6.07) is 22.4. The summed E-state index contributed by atoms with van der Waals surface area (Å²) in [5.41, 5.74) is 2.96. The lowest BCUT2D eigenvalue weighted by Gasteiger charge is -2.27. The standard InChI is InChI=1S/C24H20FNO3/c1-29-20-13-9-17(10-14-20)21-22(18-5-3-2-4-6-18)26(24(28)23(21)27)15-16-7-11-19(25)12-8-16/h2-14,22,27H,15H2,1H3/t22-/m1/s1. The maximum absolute atomic E-state index is 13.3. The Morgan fingerprint density at radius 2 is 1.62 bits per heavy atom. The van der Waals surface area contributed by atoms with E-state index in [-0.39, 0.29) is 18.1 Å². The Morgan fingerprint density at radius 1 is 0.966 bits per heavy atom. The van der Waals surface area contributed by atoms with Gasteiger partial charge in [0.15, 0.2) is 5.76 Å². The molecule has 29 heavy (non-hydrogen) atoms. The number of rotatable bonds is 5. The number of carbonyl (C=O) groups excluding carboxylic acids is 1. The molecule has 0 bridgehead atoms. The van der Waals surface area contributed by atoms with Crippen LogP contribution in [0, 0.1) is 5.82 Å². The molecule has 1 amide bonds. The van der Waals surface area contributed by atoms with Crippen LogP contribution in [0.5, 0.6) is 5.75 Å². The fourth-order valence-corrected chi connectivity index (χ4v) is 3.65. The maximum Gasteiger partial charge on any atom is 0.290 e. The third-order valence-electron chi connectivity index (χ3n) is 5.09. The molecular formula is C24H20FNO3. The molecule has 1 N–H and O–H groups in total. The molecule has 1 atom stereocenters. The Morgan fingerprint density at radius 3 is 2.24 bits per heavy atom. The molecule has 0 radical (unpaired) electrons. The van der Waals surface area contributed by atoms with Gasteiger partial charge in [0.2, 0.25) is 0 Å². The third-order valence-corrected chi connectivity index (χ3v) is 5.09. The molecule has 4 rings (SSSR count). The summed E-state index contributed by atoms with van der Waals surface area (Å²) < 4.78 is 18.5. The van der Waals surface area contributed by atoms with Gasteiger partial charge in [0.25, 0.3) is 5.91 Å². The molecule has 0 spiro atoms. The van der Waals surface area contributed by atoms with Gasteiger partial charge in [-0.25, -0.2) is 4.39 Å². The van der Waals surface area contributed by atoms with Gasteiger partial charge in [-0.2, -0.15) is 0 Å². The van der Waals surface area contributed by atoms with Gasteiger partial charge < -0.3 is 14.7 Å². The lowest BCUT2D eigenvalue weighted by Crippen LogP contribution is -2.29. The quantitative estimate of drug-likeness (QED) is 0.676. The highest BCUT2D eigenvalue weighted by Gasteiger charge is 2.40. The van der Waals surface area contributed by atoms with Crippen LogP contribution in [-0.4, -0.2) is 23.0 Å². The minimum absolute atomic E-state index is 0.252. The SMILES string of the molecule is COc1ccc(C2=C(O)C(=O)N(Cc3ccc(F)cc3)[C@@H]2c2ccccc2)cc1. The molecular weight excluding hydrogens is 369 g/mol. The molecule has 0 saturated heterocycles. The minimum Gasteiger partial charge on any atom is -0.503 e. The number of nitrogens with zero attached hydrogens (tertiary/aromatic N) is 1. The van der Waals surface area contributed by atoms with Crippen molar-refractivity contribution >= 4 is 11.5 Å². The normalized spacial score (nSPS) is 16.4. The van der Waals surface area contributed by atoms with E-state index in [0.717, 1.165) is 16.7 Å². The van der Waals surface area contributed by atoms with Crippen molar-refractivity contribution < 1.29 is 19.0 Å². The van der Waals surface area contributed by atoms with Gasteiger partial charge in [0, 0.05) is 12.1 Å². The number of benzene rings is 3. The van der Waals surface area contributed by atoms with Gasteiger partial charge in [-0.1, -0.05) is 54.6 Å². The lowest BCUT2D eigenvalue weighted by atomic mass is 9.93. The number of hydrogen-bond donors (Lipinski definition) is 1. The number of halogens is 1. The van der Waals surface area contributed by atoms with Crippen LogP contribution >= 0.6 is 0 Å². The molecule has 0 fully saturated rings. The monoisotopic (exact) mass is 389 g/mol. The van der Waals surface area contributed by atoms with Crippen molar-refractivity contribution in [1.29, 1.82) is 0 Å². The predicted octanol–water partition coefficient (Wildman–Crippen LogP) is 4.89. The molecule has 1 heterocycles. The largest absolute Gasteiger partial charge is 0.503 e. The minimum atomic E-state index is -0.456. The van der Waals surface area contributed by atoms with E-state index in [1.54, 1.807) is 36.3 Å². The summed E-state index contributed by atoms with van der Waals surface area (Å²) in [6.45, 7) is 0.252. The first-order chi connectivity index (χ1) is 14.1. The highest BCUT2D eigenvalue weighted by molar-refractivity contribution is 6.05. The van der Waals surface area contributed by atoms with E-state index >= 15 is 0 Å². The van der Waals surface area contributed by atoms with Crippen LogP contribution in [0.15, 0.2) is 84.6 Å². The van der Waals surface area contributed by atoms with Crippen LogP contribution in [0.25, 0.3) is 5.57 Å². The van der Waals surface area contributed by atoms with Gasteiger partial charge in [-0.05, 0) is 41.0 Å². The molecule has 0 unspecified atom stereocenters. The molecule has 3 aromatic rings. The van der Waals surface area contributed by atoms with Crippen LogP contribution in [0.2, 0.25) is 0 Å². The summed E-state index contributed by atoms with van der Waals surface area (Å²) in [5.74, 6) is -0.362. The van der Waals surface area contributed by atoms with Crippen LogP contribution in [0.1, 0.15) is 22.7 Å². The average Bonchev–Trinajstić information content (AvgIpc) is 3.01. The number of carbonyl (C=O) groups is 1.